The van der Waals surface area contributed by atoms with Crippen LogP contribution in [0.15, 0.2) is 30.3 Å². The second-order valence-corrected chi connectivity index (χ2v) is 8.45. The maximum atomic E-state index is 12.3. The molecule has 8 nitrogen and oxygen atoms in total. The Bertz CT molecular complexity index is 868. The van der Waals surface area contributed by atoms with E-state index in [4.69, 9.17) is 19.4 Å². The number of carbonyl (C=O) groups excluding carboxylic acids is 1. The van der Waals surface area contributed by atoms with Gasteiger partial charge in [0, 0.05) is 49.2 Å². The summed E-state index contributed by atoms with van der Waals surface area (Å²) in [5.74, 6) is 2.48. The molecule has 0 bridgehead atoms. The number of benzene rings is 1. The van der Waals surface area contributed by atoms with Gasteiger partial charge in [0.2, 0.25) is 5.91 Å². The fourth-order valence-electron chi connectivity index (χ4n) is 3.65. The van der Waals surface area contributed by atoms with Gasteiger partial charge in [0.1, 0.15) is 5.82 Å². The molecule has 2 saturated heterocycles. The van der Waals surface area contributed by atoms with Crippen LogP contribution >= 0.6 is 11.8 Å². The van der Waals surface area contributed by atoms with Crippen LogP contribution in [0.3, 0.4) is 0 Å². The molecule has 2 aliphatic heterocycles. The highest BCUT2D eigenvalue weighted by molar-refractivity contribution is 7.97. The second-order valence-electron chi connectivity index (χ2n) is 7.59. The molecule has 0 spiro atoms. The third-order valence-electron chi connectivity index (χ3n) is 5.29. The lowest BCUT2D eigenvalue weighted by molar-refractivity contribution is -0.118. The first-order valence-corrected chi connectivity index (χ1v) is 12.0. The number of ether oxygens (including phenoxy) is 2. The van der Waals surface area contributed by atoms with Crippen molar-refractivity contribution in [2.24, 2.45) is 0 Å². The van der Waals surface area contributed by atoms with E-state index >= 15 is 0 Å². The van der Waals surface area contributed by atoms with Crippen molar-refractivity contribution in [3.05, 3.63) is 36.0 Å². The number of aromatic nitrogens is 2. The number of nitrogens with one attached hydrogen (secondary N) is 1. The first-order chi connectivity index (χ1) is 15.2. The quantitative estimate of drug-likeness (QED) is 0.697. The van der Waals surface area contributed by atoms with E-state index in [1.165, 1.54) is 0 Å². The van der Waals surface area contributed by atoms with E-state index in [2.05, 4.69) is 27.4 Å². The van der Waals surface area contributed by atoms with Crippen LogP contribution in [0.2, 0.25) is 0 Å². The number of anilines is 2. The highest BCUT2D eigenvalue weighted by Gasteiger charge is 2.17. The predicted octanol–water partition coefficient (Wildman–Crippen LogP) is 2.11. The number of amides is 1. The molecule has 2 aromatic rings. The molecule has 0 aliphatic carbocycles. The van der Waals surface area contributed by atoms with Crippen LogP contribution in [-0.2, 0) is 20.0 Å². The average Bonchev–Trinajstić information content (AvgIpc) is 2.81. The van der Waals surface area contributed by atoms with Gasteiger partial charge in [0.05, 0.1) is 38.7 Å². The fraction of sp³-hybridized carbons (Fsp3) is 0.500. The molecular formula is C22H29N5O3S. The highest BCUT2D eigenvalue weighted by atomic mass is 32.2. The van der Waals surface area contributed by atoms with Crippen molar-refractivity contribution in [3.63, 3.8) is 0 Å². The van der Waals surface area contributed by atoms with E-state index in [1.54, 1.807) is 11.8 Å². The Morgan fingerprint density at radius 1 is 1.03 bits per heavy atom. The van der Waals surface area contributed by atoms with Crippen LogP contribution in [0.4, 0.5) is 11.5 Å². The summed E-state index contributed by atoms with van der Waals surface area (Å²) < 4.78 is 10.8. The number of nitrogens with zero attached hydrogens (tertiary/aromatic N) is 4. The summed E-state index contributed by atoms with van der Waals surface area (Å²) in [6.45, 7) is 6.45. The molecule has 1 aromatic carbocycles. The topological polar surface area (TPSA) is 79.8 Å². The maximum Gasteiger partial charge on any atom is 0.238 e. The van der Waals surface area contributed by atoms with E-state index < -0.39 is 0 Å². The van der Waals surface area contributed by atoms with E-state index in [9.17, 15) is 4.79 Å². The lowest BCUT2D eigenvalue weighted by Gasteiger charge is -2.28. The van der Waals surface area contributed by atoms with Gasteiger partial charge >= 0.3 is 0 Å². The van der Waals surface area contributed by atoms with Crippen LogP contribution in [0, 0.1) is 0 Å². The summed E-state index contributed by atoms with van der Waals surface area (Å²) in [7, 11) is 0. The Labute approximate surface area is 187 Å². The molecule has 166 valence electrons. The van der Waals surface area contributed by atoms with Crippen molar-refractivity contribution >= 4 is 29.2 Å². The Hall–Kier alpha value is -2.20. The summed E-state index contributed by atoms with van der Waals surface area (Å²) in [5, 5.41) is 2.97. The molecule has 1 aromatic heterocycles. The average molecular weight is 444 g/mol. The zero-order valence-electron chi connectivity index (χ0n) is 17.9. The molecule has 1 N–H and O–H groups in total. The van der Waals surface area contributed by atoms with Crippen molar-refractivity contribution < 1.29 is 14.3 Å². The van der Waals surface area contributed by atoms with E-state index in [0.717, 1.165) is 67.9 Å². The van der Waals surface area contributed by atoms with Crippen LogP contribution in [-0.4, -0.2) is 86.2 Å². The minimum Gasteiger partial charge on any atom is -0.379 e. The standard InChI is InChI=1S/C22H29N5O3S/c1-31-16-19-14-20(27-8-12-30-13-9-27)25-22(24-19)17-2-4-18(5-3-17)23-21(28)15-26-6-10-29-11-7-26/h2-5,14H,6-13,15-16H2,1H3,(H,23,28). The zero-order valence-corrected chi connectivity index (χ0v) is 18.7. The van der Waals surface area contributed by atoms with Crippen molar-refractivity contribution in [1.29, 1.82) is 0 Å². The number of hydrogen-bond donors (Lipinski definition) is 1. The van der Waals surface area contributed by atoms with Gasteiger partial charge in [0.25, 0.3) is 0 Å². The van der Waals surface area contributed by atoms with E-state index in [1.807, 2.05) is 24.3 Å². The summed E-state index contributed by atoms with van der Waals surface area (Å²) in [4.78, 5) is 26.3. The number of rotatable bonds is 7. The number of carbonyl (C=O) groups is 1. The molecule has 1 amide bonds. The van der Waals surface area contributed by atoms with Crippen LogP contribution < -0.4 is 10.2 Å². The van der Waals surface area contributed by atoms with Crippen LogP contribution in [0.1, 0.15) is 5.69 Å². The van der Waals surface area contributed by atoms with Crippen LogP contribution in [0.25, 0.3) is 11.4 Å². The summed E-state index contributed by atoms with van der Waals surface area (Å²) in [6.07, 6.45) is 2.07. The van der Waals surface area contributed by atoms with E-state index in [-0.39, 0.29) is 5.91 Å². The molecule has 3 heterocycles. The van der Waals surface area contributed by atoms with Gasteiger partial charge in [-0.05, 0) is 30.5 Å². The first-order valence-electron chi connectivity index (χ1n) is 10.6. The largest absolute Gasteiger partial charge is 0.379 e. The summed E-state index contributed by atoms with van der Waals surface area (Å²) >= 11 is 1.74. The van der Waals surface area contributed by atoms with Crippen molar-refractivity contribution in [3.8, 4) is 11.4 Å². The molecule has 0 radical (unpaired) electrons. The van der Waals surface area contributed by atoms with Crippen molar-refractivity contribution in [2.45, 2.75) is 5.75 Å². The van der Waals surface area contributed by atoms with Gasteiger partial charge < -0.3 is 19.7 Å². The second kappa shape index (κ2) is 10.9. The van der Waals surface area contributed by atoms with Gasteiger partial charge in [-0.15, -0.1) is 0 Å². The maximum absolute atomic E-state index is 12.3. The molecule has 9 heteroatoms. The number of morpholine rings is 2. The fourth-order valence-corrected chi connectivity index (χ4v) is 4.10. The van der Waals surface area contributed by atoms with Gasteiger partial charge in [-0.3, -0.25) is 9.69 Å². The molecule has 31 heavy (non-hydrogen) atoms. The van der Waals surface area contributed by atoms with Crippen LogP contribution in [0.5, 0.6) is 0 Å². The number of hydrogen-bond acceptors (Lipinski definition) is 8. The summed E-state index contributed by atoms with van der Waals surface area (Å²) in [5.41, 5.74) is 2.72. The SMILES string of the molecule is CSCc1cc(N2CCOCC2)nc(-c2ccc(NC(=O)CN3CCOCC3)cc2)n1. The van der Waals surface area contributed by atoms with Gasteiger partial charge in [-0.2, -0.15) is 11.8 Å². The third-order valence-corrected chi connectivity index (χ3v) is 5.88. The predicted molar refractivity (Wildman–Crippen MR) is 124 cm³/mol. The molecule has 2 aliphatic rings. The van der Waals surface area contributed by atoms with Gasteiger partial charge in [-0.25, -0.2) is 9.97 Å². The third kappa shape index (κ3) is 6.16. The van der Waals surface area contributed by atoms with Gasteiger partial charge in [-0.1, -0.05) is 0 Å². The summed E-state index contributed by atoms with van der Waals surface area (Å²) in [6, 6.07) is 9.82. The molecule has 0 atom stereocenters. The Morgan fingerprint density at radius 2 is 1.71 bits per heavy atom. The Morgan fingerprint density at radius 3 is 2.39 bits per heavy atom. The molecular weight excluding hydrogens is 414 g/mol. The Kier molecular flexibility index (Phi) is 7.74. The smallest absolute Gasteiger partial charge is 0.238 e. The lowest BCUT2D eigenvalue weighted by Crippen LogP contribution is -2.41. The molecule has 2 fully saturated rings. The highest BCUT2D eigenvalue weighted by Crippen LogP contribution is 2.24. The van der Waals surface area contributed by atoms with Gasteiger partial charge in [0.15, 0.2) is 5.82 Å². The van der Waals surface area contributed by atoms with Crippen molar-refractivity contribution in [2.75, 3.05) is 75.6 Å². The lowest BCUT2D eigenvalue weighted by atomic mass is 10.2. The normalized spacial score (nSPS) is 17.5. The Balaban J connectivity index is 1.45. The molecule has 0 unspecified atom stereocenters. The van der Waals surface area contributed by atoms with Crippen molar-refractivity contribution in [1.82, 2.24) is 14.9 Å². The minimum atomic E-state index is -0.0116. The monoisotopic (exact) mass is 443 g/mol. The zero-order chi connectivity index (χ0) is 21.5. The van der Waals surface area contributed by atoms with E-state index in [0.29, 0.717) is 25.6 Å². The molecule has 4 rings (SSSR count). The molecule has 0 saturated carbocycles. The first kappa shape index (κ1) is 22.0. The number of thioether (sulfide) groups is 1. The minimum absolute atomic E-state index is 0.0116.